The van der Waals surface area contributed by atoms with E-state index >= 15 is 0 Å². The highest BCUT2D eigenvalue weighted by atomic mass is 79.9. The maximum Gasteiger partial charge on any atom is 0.142 e. The summed E-state index contributed by atoms with van der Waals surface area (Å²) in [5.41, 5.74) is 7.60. The summed E-state index contributed by atoms with van der Waals surface area (Å²) in [6, 6.07) is 3.86. The van der Waals surface area contributed by atoms with Gasteiger partial charge in [0.05, 0.1) is 5.69 Å². The molecule has 0 aliphatic heterocycles. The van der Waals surface area contributed by atoms with Gasteiger partial charge in [0, 0.05) is 31.5 Å². The first-order valence-corrected chi connectivity index (χ1v) is 5.35. The van der Waals surface area contributed by atoms with Gasteiger partial charge < -0.3 is 10.3 Å². The van der Waals surface area contributed by atoms with Crippen LogP contribution in [0.2, 0.25) is 0 Å². The Morgan fingerprint density at radius 3 is 2.87 bits per heavy atom. The minimum atomic E-state index is 0.463. The zero-order chi connectivity index (χ0) is 10.8. The molecule has 5 heteroatoms. The second-order valence-corrected chi connectivity index (χ2v) is 3.93. The van der Waals surface area contributed by atoms with E-state index in [9.17, 15) is 0 Å². The van der Waals surface area contributed by atoms with E-state index in [1.807, 2.05) is 23.7 Å². The fourth-order valence-electron chi connectivity index (χ4n) is 1.47. The van der Waals surface area contributed by atoms with Crippen LogP contribution >= 0.6 is 15.9 Å². The average molecular weight is 267 g/mol. The second-order valence-electron chi connectivity index (χ2n) is 3.18. The summed E-state index contributed by atoms with van der Waals surface area (Å²) in [6.45, 7) is 0.463. The lowest BCUT2D eigenvalue weighted by atomic mass is 10.3. The van der Waals surface area contributed by atoms with Crippen molar-refractivity contribution in [2.75, 3.05) is 0 Å². The number of hydrogen-bond donors (Lipinski definition) is 1. The van der Waals surface area contributed by atoms with Crippen LogP contribution in [0.5, 0.6) is 0 Å². The molecule has 2 N–H and O–H groups in total. The Hall–Kier alpha value is -1.20. The Bertz CT molecular complexity index is 464. The SMILES string of the molecule is Cn1c(-c2cccnc2)nc(Br)c1CN. The molecule has 0 radical (unpaired) electrons. The van der Waals surface area contributed by atoms with Crippen molar-refractivity contribution in [2.24, 2.45) is 12.8 Å². The second kappa shape index (κ2) is 4.12. The normalized spacial score (nSPS) is 10.6. The van der Waals surface area contributed by atoms with Gasteiger partial charge in [0.2, 0.25) is 0 Å². The van der Waals surface area contributed by atoms with Crippen LogP contribution in [0.4, 0.5) is 0 Å². The van der Waals surface area contributed by atoms with Gasteiger partial charge in [-0.2, -0.15) is 0 Å². The molecule has 0 unspecified atom stereocenters. The maximum absolute atomic E-state index is 5.64. The molecular weight excluding hydrogens is 256 g/mol. The molecule has 0 atom stereocenters. The van der Waals surface area contributed by atoms with Crippen molar-refractivity contribution < 1.29 is 0 Å². The summed E-state index contributed by atoms with van der Waals surface area (Å²) >= 11 is 3.39. The van der Waals surface area contributed by atoms with Gasteiger partial charge in [0.15, 0.2) is 0 Å². The van der Waals surface area contributed by atoms with Crippen molar-refractivity contribution in [1.29, 1.82) is 0 Å². The van der Waals surface area contributed by atoms with E-state index in [4.69, 9.17) is 5.73 Å². The molecule has 0 amide bonds. The molecule has 2 rings (SSSR count). The van der Waals surface area contributed by atoms with Gasteiger partial charge in [-0.05, 0) is 28.1 Å². The Kier molecular flexibility index (Phi) is 2.83. The smallest absolute Gasteiger partial charge is 0.142 e. The quantitative estimate of drug-likeness (QED) is 0.901. The van der Waals surface area contributed by atoms with E-state index in [2.05, 4.69) is 25.9 Å². The minimum absolute atomic E-state index is 0.463. The number of hydrogen-bond acceptors (Lipinski definition) is 3. The molecule has 2 aromatic rings. The van der Waals surface area contributed by atoms with Gasteiger partial charge >= 0.3 is 0 Å². The molecule has 0 bridgehead atoms. The fourth-order valence-corrected chi connectivity index (χ4v) is 2.07. The number of nitrogens with zero attached hydrogens (tertiary/aromatic N) is 3. The molecule has 0 aliphatic carbocycles. The van der Waals surface area contributed by atoms with Crippen molar-refractivity contribution in [3.05, 3.63) is 34.8 Å². The maximum atomic E-state index is 5.64. The van der Waals surface area contributed by atoms with Gasteiger partial charge in [0.1, 0.15) is 10.4 Å². The van der Waals surface area contributed by atoms with Crippen LogP contribution < -0.4 is 5.73 Å². The number of rotatable bonds is 2. The van der Waals surface area contributed by atoms with Crippen LogP contribution in [-0.2, 0) is 13.6 Å². The molecule has 0 aliphatic rings. The lowest BCUT2D eigenvalue weighted by Crippen LogP contribution is -2.04. The zero-order valence-electron chi connectivity index (χ0n) is 8.31. The lowest BCUT2D eigenvalue weighted by molar-refractivity contribution is 0.825. The van der Waals surface area contributed by atoms with E-state index < -0.39 is 0 Å². The number of aromatic nitrogens is 3. The topological polar surface area (TPSA) is 56.7 Å². The summed E-state index contributed by atoms with van der Waals surface area (Å²) in [7, 11) is 1.95. The Morgan fingerprint density at radius 1 is 1.53 bits per heavy atom. The first kappa shape index (κ1) is 10.3. The molecule has 4 nitrogen and oxygen atoms in total. The van der Waals surface area contributed by atoms with E-state index in [0.717, 1.165) is 21.7 Å². The van der Waals surface area contributed by atoms with Crippen LogP contribution in [0.15, 0.2) is 29.1 Å². The van der Waals surface area contributed by atoms with Gasteiger partial charge in [-0.3, -0.25) is 4.98 Å². The van der Waals surface area contributed by atoms with Crippen LogP contribution in [0.25, 0.3) is 11.4 Å². The van der Waals surface area contributed by atoms with Crippen molar-refractivity contribution in [1.82, 2.24) is 14.5 Å². The largest absolute Gasteiger partial charge is 0.329 e. The van der Waals surface area contributed by atoms with Crippen molar-refractivity contribution in [2.45, 2.75) is 6.54 Å². The van der Waals surface area contributed by atoms with Gasteiger partial charge in [0.25, 0.3) is 0 Å². The molecule has 0 aromatic carbocycles. The summed E-state index contributed by atoms with van der Waals surface area (Å²) in [5.74, 6) is 0.871. The van der Waals surface area contributed by atoms with Crippen LogP contribution in [0.3, 0.4) is 0 Å². The molecule has 78 valence electrons. The summed E-state index contributed by atoms with van der Waals surface area (Å²) in [6.07, 6.45) is 3.53. The molecule has 2 aromatic heterocycles. The highest BCUT2D eigenvalue weighted by Gasteiger charge is 2.12. The highest BCUT2D eigenvalue weighted by molar-refractivity contribution is 9.10. The van der Waals surface area contributed by atoms with Gasteiger partial charge in [-0.1, -0.05) is 0 Å². The molecular formula is C10H11BrN4. The van der Waals surface area contributed by atoms with Gasteiger partial charge in [-0.25, -0.2) is 4.98 Å². The summed E-state index contributed by atoms with van der Waals surface area (Å²) in [5, 5.41) is 0. The predicted octanol–water partition coefficient (Wildman–Crippen LogP) is 1.70. The summed E-state index contributed by atoms with van der Waals surface area (Å²) < 4.78 is 2.77. The summed E-state index contributed by atoms with van der Waals surface area (Å²) in [4.78, 5) is 8.48. The third kappa shape index (κ3) is 1.80. The Balaban J connectivity index is 2.55. The Labute approximate surface area is 96.3 Å². The monoisotopic (exact) mass is 266 g/mol. The molecule has 0 saturated carbocycles. The fraction of sp³-hybridized carbons (Fsp3) is 0.200. The third-order valence-electron chi connectivity index (χ3n) is 2.28. The van der Waals surface area contributed by atoms with E-state index in [1.165, 1.54) is 0 Å². The third-order valence-corrected chi connectivity index (χ3v) is 2.91. The molecule has 2 heterocycles. The number of halogens is 1. The lowest BCUT2D eigenvalue weighted by Gasteiger charge is -2.03. The highest BCUT2D eigenvalue weighted by Crippen LogP contribution is 2.23. The van der Waals surface area contributed by atoms with E-state index in [0.29, 0.717) is 6.54 Å². The minimum Gasteiger partial charge on any atom is -0.329 e. The van der Waals surface area contributed by atoms with Crippen molar-refractivity contribution >= 4 is 15.9 Å². The van der Waals surface area contributed by atoms with Crippen LogP contribution in [0, 0.1) is 0 Å². The molecule has 0 saturated heterocycles. The number of pyridine rings is 1. The first-order valence-electron chi connectivity index (χ1n) is 4.55. The first-order chi connectivity index (χ1) is 7.24. The molecule has 0 spiro atoms. The van der Waals surface area contributed by atoms with Crippen LogP contribution in [0.1, 0.15) is 5.69 Å². The number of imidazole rings is 1. The molecule has 15 heavy (non-hydrogen) atoms. The van der Waals surface area contributed by atoms with Crippen molar-refractivity contribution in [3.63, 3.8) is 0 Å². The predicted molar refractivity (Wildman–Crippen MR) is 62.0 cm³/mol. The average Bonchev–Trinajstić information content (AvgIpc) is 2.55. The van der Waals surface area contributed by atoms with Crippen LogP contribution in [-0.4, -0.2) is 14.5 Å². The van der Waals surface area contributed by atoms with E-state index in [-0.39, 0.29) is 0 Å². The Morgan fingerprint density at radius 2 is 2.33 bits per heavy atom. The van der Waals surface area contributed by atoms with E-state index in [1.54, 1.807) is 12.4 Å². The standard InChI is InChI=1S/C10H11BrN4/c1-15-8(5-12)9(11)14-10(15)7-3-2-4-13-6-7/h2-4,6H,5,12H2,1H3. The van der Waals surface area contributed by atoms with Crippen molar-refractivity contribution in [3.8, 4) is 11.4 Å². The molecule has 0 fully saturated rings. The van der Waals surface area contributed by atoms with Gasteiger partial charge in [-0.15, -0.1) is 0 Å². The number of nitrogens with two attached hydrogens (primary N) is 1. The zero-order valence-corrected chi connectivity index (χ0v) is 9.90.